The maximum Gasteiger partial charge on any atom is 0.416 e. The number of hydrogen-bond donors (Lipinski definition) is 1. The van der Waals surface area contributed by atoms with Crippen LogP contribution in [-0.2, 0) is 16.2 Å². The third-order valence-corrected chi connectivity index (χ3v) is 9.87. The molecule has 1 N–H and O–H groups in total. The zero-order valence-corrected chi connectivity index (χ0v) is 23.5. The number of likely N-dealkylation sites (tertiary alicyclic amines) is 1. The summed E-state index contributed by atoms with van der Waals surface area (Å²) in [5.74, 6) is -0.672. The molecule has 3 aliphatic rings. The fourth-order valence-electron chi connectivity index (χ4n) is 6.56. The molecule has 3 heterocycles. The van der Waals surface area contributed by atoms with Crippen molar-refractivity contribution in [2.45, 2.75) is 61.2 Å². The molecular weight excluding hydrogens is 574 g/mol. The molecule has 1 saturated heterocycles. The maximum atomic E-state index is 15.5. The minimum absolute atomic E-state index is 0.00986. The van der Waals surface area contributed by atoms with E-state index in [0.29, 0.717) is 37.1 Å². The van der Waals surface area contributed by atoms with Crippen LogP contribution in [0.4, 0.5) is 29.1 Å². The normalized spacial score (nSPS) is 23.3. The molecular formula is C29H31F4N5O3S. The molecule has 224 valence electrons. The number of nitrogens with zero attached hydrogens (tertiary/aromatic N) is 4. The minimum atomic E-state index is -4.40. The minimum Gasteiger partial charge on any atom is -0.490 e. The van der Waals surface area contributed by atoms with Crippen LogP contribution in [-0.4, -0.2) is 61.6 Å². The molecule has 42 heavy (non-hydrogen) atoms. The number of halogens is 4. The molecule has 13 heteroatoms. The van der Waals surface area contributed by atoms with E-state index >= 15 is 4.39 Å². The van der Waals surface area contributed by atoms with E-state index in [2.05, 4.69) is 24.5 Å². The Morgan fingerprint density at radius 2 is 1.81 bits per heavy atom. The average molecular weight is 606 g/mol. The first-order chi connectivity index (χ1) is 20.1. The molecule has 0 unspecified atom stereocenters. The summed E-state index contributed by atoms with van der Waals surface area (Å²) in [7, 11) is -4.30. The van der Waals surface area contributed by atoms with Crippen molar-refractivity contribution in [3.63, 3.8) is 0 Å². The second-order valence-electron chi connectivity index (χ2n) is 11.0. The Morgan fingerprint density at radius 3 is 2.55 bits per heavy atom. The molecule has 6 rings (SSSR count). The van der Waals surface area contributed by atoms with Crippen molar-refractivity contribution >= 4 is 21.5 Å². The monoisotopic (exact) mass is 605 g/mol. The largest absolute Gasteiger partial charge is 0.490 e. The number of ether oxygens (including phenoxy) is 1. The van der Waals surface area contributed by atoms with Crippen molar-refractivity contribution in [1.82, 2.24) is 14.9 Å². The Hall–Kier alpha value is -3.45. The number of fused-ring (bicyclic) bond motifs is 1. The second kappa shape index (κ2) is 11.3. The van der Waals surface area contributed by atoms with Crippen molar-refractivity contribution in [3.05, 3.63) is 71.9 Å². The highest BCUT2D eigenvalue weighted by Crippen LogP contribution is 2.44. The highest BCUT2D eigenvalue weighted by molar-refractivity contribution is 7.92. The number of nitrogens with one attached hydrogen (secondary N) is 1. The van der Waals surface area contributed by atoms with Gasteiger partial charge in [-0.15, -0.1) is 0 Å². The predicted octanol–water partition coefficient (Wildman–Crippen LogP) is 5.43. The second-order valence-corrected chi connectivity index (χ2v) is 12.7. The molecule has 1 saturated carbocycles. The van der Waals surface area contributed by atoms with E-state index < -0.39 is 32.5 Å². The molecule has 2 aromatic carbocycles. The van der Waals surface area contributed by atoms with Gasteiger partial charge in [0.05, 0.1) is 17.8 Å². The van der Waals surface area contributed by atoms with Gasteiger partial charge in [0.2, 0.25) is 0 Å². The van der Waals surface area contributed by atoms with Gasteiger partial charge in [-0.3, -0.25) is 9.62 Å². The lowest BCUT2D eigenvalue weighted by atomic mass is 9.77. The van der Waals surface area contributed by atoms with Gasteiger partial charge in [-0.25, -0.2) is 22.8 Å². The van der Waals surface area contributed by atoms with Crippen LogP contribution < -0.4 is 14.4 Å². The zero-order valence-electron chi connectivity index (χ0n) is 22.7. The number of sulfonamides is 1. The van der Waals surface area contributed by atoms with E-state index in [0.717, 1.165) is 32.0 Å². The summed E-state index contributed by atoms with van der Waals surface area (Å²) >= 11 is 0. The lowest BCUT2D eigenvalue weighted by Crippen LogP contribution is -2.55. The van der Waals surface area contributed by atoms with Gasteiger partial charge < -0.3 is 9.64 Å². The number of anilines is 2. The number of aromatic nitrogens is 2. The van der Waals surface area contributed by atoms with Crippen molar-refractivity contribution in [2.75, 3.05) is 35.9 Å². The van der Waals surface area contributed by atoms with Crippen molar-refractivity contribution < 1.29 is 30.7 Å². The van der Waals surface area contributed by atoms with Gasteiger partial charge >= 0.3 is 6.18 Å². The third kappa shape index (κ3) is 5.76. The molecule has 2 fully saturated rings. The molecule has 1 aromatic heterocycles. The summed E-state index contributed by atoms with van der Waals surface area (Å²) in [5, 5.41) is 0. The number of alkyl halides is 3. The molecule has 2 aliphatic heterocycles. The first kappa shape index (κ1) is 28.7. The molecule has 8 nitrogen and oxygen atoms in total. The summed E-state index contributed by atoms with van der Waals surface area (Å²) < 4.78 is 90.0. The fraction of sp³-hybridized carbons (Fsp3) is 0.448. The smallest absolute Gasteiger partial charge is 0.416 e. The molecule has 0 bridgehead atoms. The Bertz CT molecular complexity index is 1530. The van der Waals surface area contributed by atoms with E-state index in [1.807, 2.05) is 0 Å². The number of rotatable bonds is 6. The fourth-order valence-corrected chi connectivity index (χ4v) is 7.65. The van der Waals surface area contributed by atoms with E-state index in [9.17, 15) is 21.6 Å². The molecule has 0 amide bonds. The van der Waals surface area contributed by atoms with Gasteiger partial charge in [0.15, 0.2) is 0 Å². The Morgan fingerprint density at radius 1 is 1.00 bits per heavy atom. The first-order valence-corrected chi connectivity index (χ1v) is 15.5. The van der Waals surface area contributed by atoms with Crippen LogP contribution in [0.15, 0.2) is 59.9 Å². The van der Waals surface area contributed by atoms with Crippen LogP contribution in [0.1, 0.15) is 49.1 Å². The number of benzene rings is 2. The van der Waals surface area contributed by atoms with Gasteiger partial charge in [0.25, 0.3) is 10.0 Å². The van der Waals surface area contributed by atoms with Crippen LogP contribution >= 0.6 is 0 Å². The van der Waals surface area contributed by atoms with E-state index in [1.54, 1.807) is 6.07 Å². The van der Waals surface area contributed by atoms with Crippen molar-refractivity contribution in [2.24, 2.45) is 0 Å². The van der Waals surface area contributed by atoms with Crippen molar-refractivity contribution in [1.29, 1.82) is 0 Å². The first-order valence-electron chi connectivity index (χ1n) is 14.0. The summed E-state index contributed by atoms with van der Waals surface area (Å²) in [5.41, 5.74) is 0.524. The topological polar surface area (TPSA) is 87.7 Å². The van der Waals surface area contributed by atoms with Crippen LogP contribution in [0.25, 0.3) is 0 Å². The van der Waals surface area contributed by atoms with Gasteiger partial charge in [-0.2, -0.15) is 13.2 Å². The van der Waals surface area contributed by atoms with Gasteiger partial charge in [-0.1, -0.05) is 18.2 Å². The van der Waals surface area contributed by atoms with E-state index in [1.165, 1.54) is 42.9 Å². The van der Waals surface area contributed by atoms with E-state index in [4.69, 9.17) is 4.74 Å². The summed E-state index contributed by atoms with van der Waals surface area (Å²) in [6.45, 7) is 2.57. The number of hydrogen-bond acceptors (Lipinski definition) is 7. The highest BCUT2D eigenvalue weighted by atomic mass is 32.2. The Balaban J connectivity index is 1.29. The van der Waals surface area contributed by atoms with Crippen LogP contribution in [0, 0.1) is 5.82 Å². The predicted molar refractivity (Wildman–Crippen MR) is 149 cm³/mol. The quantitative estimate of drug-likeness (QED) is 0.375. The molecule has 0 spiro atoms. The van der Waals surface area contributed by atoms with E-state index in [-0.39, 0.29) is 36.2 Å². The molecule has 0 radical (unpaired) electrons. The standard InChI is InChI=1S/C29H31F4N5O3S/c30-22-16-25-26(17-27(22)42(39,40)36-28-8-9-34-18-35-28)41-13-12-38(25)23-7-6-20(15-24(23)37-10-1-2-11-37)19-4-3-5-21(14-19)29(31,32)33/h3-5,8-9,14,16-18,20,23-24H,1-2,6-7,10-13,15H2,(H,34,35,36)/t20-,23-,24-/m0/s1. The molecule has 1 aliphatic carbocycles. The van der Waals surface area contributed by atoms with Crippen LogP contribution in [0.2, 0.25) is 0 Å². The van der Waals surface area contributed by atoms with Gasteiger partial charge in [-0.05, 0) is 68.8 Å². The Labute approximate surface area is 241 Å². The molecule has 3 aromatic rings. The lowest BCUT2D eigenvalue weighted by molar-refractivity contribution is -0.137. The molecule has 3 atom stereocenters. The van der Waals surface area contributed by atoms with Crippen molar-refractivity contribution in [3.8, 4) is 5.75 Å². The zero-order chi connectivity index (χ0) is 29.5. The van der Waals surface area contributed by atoms with Crippen LogP contribution in [0.3, 0.4) is 0 Å². The lowest BCUT2D eigenvalue weighted by Gasteiger charge is -2.48. The SMILES string of the molecule is O=S(=O)(Nc1ccncn1)c1cc2c(cc1F)N([C@H]1CC[C@H](c3cccc(C(F)(F)F)c3)C[C@@H]1N1CCCC1)CCO2. The summed E-state index contributed by atoms with van der Waals surface area (Å²) in [4.78, 5) is 11.6. The Kier molecular flexibility index (Phi) is 7.73. The van der Waals surface area contributed by atoms with Gasteiger partial charge in [0, 0.05) is 30.4 Å². The third-order valence-electron chi connectivity index (χ3n) is 8.50. The summed E-state index contributed by atoms with van der Waals surface area (Å²) in [6.07, 6.45) is 2.29. The van der Waals surface area contributed by atoms with Gasteiger partial charge in [0.1, 0.15) is 35.2 Å². The maximum absolute atomic E-state index is 15.5. The highest BCUT2D eigenvalue weighted by Gasteiger charge is 2.41. The summed E-state index contributed by atoms with van der Waals surface area (Å²) in [6, 6.07) is 9.40. The average Bonchev–Trinajstić information content (AvgIpc) is 3.51. The van der Waals surface area contributed by atoms with Crippen LogP contribution in [0.5, 0.6) is 5.75 Å².